The molecular weight excluding hydrogens is 540 g/mol. The minimum atomic E-state index is -0.968. The molecule has 4 aromatic rings. The van der Waals surface area contributed by atoms with Gasteiger partial charge < -0.3 is 16.0 Å². The summed E-state index contributed by atoms with van der Waals surface area (Å²) in [5.74, 6) is -2.57. The monoisotopic (exact) mass is 575 g/mol. The van der Waals surface area contributed by atoms with Crippen LogP contribution in [0.25, 0.3) is 16.6 Å². The molecule has 0 bridgehead atoms. The molecule has 6 rings (SSSR count). The Morgan fingerprint density at radius 3 is 2.31 bits per heavy atom. The predicted molar refractivity (Wildman–Crippen MR) is 158 cm³/mol. The van der Waals surface area contributed by atoms with E-state index in [0.717, 1.165) is 54.2 Å². The number of nitrogens with zero attached hydrogens (tertiary/aromatic N) is 5. The van der Waals surface area contributed by atoms with Gasteiger partial charge in [-0.2, -0.15) is 14.9 Å². The number of nitrogens with one attached hydrogen (secondary N) is 1. The fraction of sp³-hybridized carbons (Fsp3) is 0.419. The van der Waals surface area contributed by atoms with Gasteiger partial charge in [0.2, 0.25) is 0 Å². The molecule has 2 aliphatic rings. The molecule has 11 heteroatoms. The summed E-state index contributed by atoms with van der Waals surface area (Å²) >= 11 is 0. The van der Waals surface area contributed by atoms with Gasteiger partial charge in [-0.3, -0.25) is 14.3 Å². The van der Waals surface area contributed by atoms with Gasteiger partial charge in [0.15, 0.2) is 11.6 Å². The average molecular weight is 576 g/mol. The molecule has 1 saturated heterocycles. The smallest absolute Gasteiger partial charge is 0.276 e. The van der Waals surface area contributed by atoms with E-state index in [1.54, 1.807) is 6.07 Å². The lowest BCUT2D eigenvalue weighted by molar-refractivity contribution is 0.102. The van der Waals surface area contributed by atoms with Crippen molar-refractivity contribution in [1.82, 2.24) is 19.6 Å². The first kappa shape index (κ1) is 28.0. The van der Waals surface area contributed by atoms with E-state index >= 15 is 0 Å². The molecule has 1 aliphatic carbocycles. The van der Waals surface area contributed by atoms with Crippen molar-refractivity contribution in [2.24, 2.45) is 16.6 Å². The van der Waals surface area contributed by atoms with Gasteiger partial charge in [0, 0.05) is 42.2 Å². The summed E-state index contributed by atoms with van der Waals surface area (Å²) < 4.78 is 31.5. The van der Waals surface area contributed by atoms with Crippen molar-refractivity contribution in [3.8, 4) is 5.69 Å². The molecule has 1 amide bonds. The fourth-order valence-corrected chi connectivity index (χ4v) is 5.57. The predicted octanol–water partition coefficient (Wildman–Crippen LogP) is 4.82. The Labute approximate surface area is 242 Å². The third-order valence-corrected chi connectivity index (χ3v) is 9.42. The van der Waals surface area contributed by atoms with Crippen molar-refractivity contribution >= 4 is 28.2 Å². The number of hydrogen-bond acceptors (Lipinski definition) is 6. The normalized spacial score (nSPS) is 18.2. The number of hydrogen-bond donors (Lipinski definition) is 2. The van der Waals surface area contributed by atoms with Crippen molar-refractivity contribution in [2.75, 3.05) is 23.3 Å². The lowest BCUT2D eigenvalue weighted by atomic mass is 9.76. The fourth-order valence-electron chi connectivity index (χ4n) is 5.57. The van der Waals surface area contributed by atoms with Crippen molar-refractivity contribution in [3.05, 3.63) is 76.3 Å². The summed E-state index contributed by atoms with van der Waals surface area (Å²) in [7, 11) is 0. The summed E-state index contributed by atoms with van der Waals surface area (Å²) in [6.45, 7) is 12.2. The second-order valence-electron chi connectivity index (χ2n) is 13.1. The number of carbonyl (C=O) groups excluding carboxylic acids is 1. The molecule has 2 fully saturated rings. The van der Waals surface area contributed by atoms with Gasteiger partial charge in [0.05, 0.1) is 22.4 Å². The largest absolute Gasteiger partial charge is 0.367 e. The van der Waals surface area contributed by atoms with Gasteiger partial charge in [-0.05, 0) is 62.4 Å². The van der Waals surface area contributed by atoms with Gasteiger partial charge in [-0.1, -0.05) is 26.8 Å². The van der Waals surface area contributed by atoms with Crippen molar-refractivity contribution in [2.45, 2.75) is 59.0 Å². The SMILES string of the molecule is CC(C)(C)C(C)(C)n1cc2c(N3C[C@H](N)C4(CC4)C3)c(NC(=O)c3ccc(=O)n(-c4c(F)cccc4F)n3)ccc2n1. The third-order valence-electron chi connectivity index (χ3n) is 9.42. The minimum Gasteiger partial charge on any atom is -0.367 e. The molecule has 9 nitrogen and oxygen atoms in total. The van der Waals surface area contributed by atoms with Crippen LogP contribution in [0.4, 0.5) is 20.2 Å². The van der Waals surface area contributed by atoms with Crippen LogP contribution < -0.4 is 21.5 Å². The number of benzene rings is 2. The Balaban J connectivity index is 1.43. The Morgan fingerprint density at radius 2 is 1.69 bits per heavy atom. The molecule has 1 aliphatic heterocycles. The number of carbonyl (C=O) groups is 1. The molecule has 42 heavy (non-hydrogen) atoms. The molecule has 220 valence electrons. The maximum absolute atomic E-state index is 14.5. The Morgan fingerprint density at radius 1 is 1.00 bits per heavy atom. The molecule has 2 aromatic carbocycles. The number of halogens is 2. The second kappa shape index (κ2) is 9.45. The first-order valence-electron chi connectivity index (χ1n) is 14.1. The van der Waals surface area contributed by atoms with Crippen LogP contribution in [0.3, 0.4) is 0 Å². The van der Waals surface area contributed by atoms with E-state index in [1.807, 2.05) is 16.9 Å². The Hall–Kier alpha value is -4.12. The zero-order valence-electron chi connectivity index (χ0n) is 24.4. The van der Waals surface area contributed by atoms with E-state index in [1.165, 1.54) is 12.1 Å². The Bertz CT molecular complexity index is 1760. The number of amides is 1. The molecule has 3 heterocycles. The molecule has 1 atom stereocenters. The van der Waals surface area contributed by atoms with Crippen LogP contribution in [-0.2, 0) is 5.54 Å². The maximum atomic E-state index is 14.5. The summed E-state index contributed by atoms with van der Waals surface area (Å²) in [4.78, 5) is 28.2. The number of rotatable bonds is 5. The highest BCUT2D eigenvalue weighted by Crippen LogP contribution is 2.54. The average Bonchev–Trinajstić information content (AvgIpc) is 3.44. The summed E-state index contributed by atoms with van der Waals surface area (Å²) in [6.07, 6.45) is 4.15. The van der Waals surface area contributed by atoms with Crippen LogP contribution in [0, 0.1) is 22.5 Å². The first-order chi connectivity index (χ1) is 19.7. The van der Waals surface area contributed by atoms with Crippen LogP contribution in [0.2, 0.25) is 0 Å². The first-order valence-corrected chi connectivity index (χ1v) is 14.1. The van der Waals surface area contributed by atoms with Gasteiger partial charge in [-0.15, -0.1) is 0 Å². The van der Waals surface area contributed by atoms with Crippen LogP contribution >= 0.6 is 0 Å². The molecule has 1 spiro atoms. The van der Waals surface area contributed by atoms with E-state index in [2.05, 4.69) is 49.9 Å². The summed E-state index contributed by atoms with van der Waals surface area (Å²) in [5.41, 5.74) is 6.78. The summed E-state index contributed by atoms with van der Waals surface area (Å²) in [5, 5.41) is 12.8. The second-order valence-corrected chi connectivity index (χ2v) is 13.1. The maximum Gasteiger partial charge on any atom is 0.276 e. The van der Waals surface area contributed by atoms with E-state index in [0.29, 0.717) is 16.9 Å². The number of para-hydroxylation sites is 1. The Kier molecular flexibility index (Phi) is 6.30. The third kappa shape index (κ3) is 4.46. The molecule has 0 radical (unpaired) electrons. The van der Waals surface area contributed by atoms with Gasteiger partial charge >= 0.3 is 0 Å². The standard InChI is InChI=1S/C31H35F2N7O2/c1-29(2,3)30(4,5)39-15-18-21(36-39)9-10-22(26(18)38-16-24(34)31(17-38)13-14-31)35-28(42)23-11-12-25(41)40(37-23)27-19(32)7-6-8-20(27)33/h6-12,15,24H,13-14,16-17,34H2,1-5H3,(H,35,42)/t24-/m0/s1. The van der Waals surface area contributed by atoms with E-state index in [9.17, 15) is 18.4 Å². The quantitative estimate of drug-likeness (QED) is 0.353. The number of anilines is 2. The van der Waals surface area contributed by atoms with Crippen LogP contribution in [-0.4, -0.2) is 44.6 Å². The topological polar surface area (TPSA) is 111 Å². The van der Waals surface area contributed by atoms with E-state index in [-0.39, 0.29) is 28.1 Å². The number of nitrogens with two attached hydrogens (primary N) is 1. The minimum absolute atomic E-state index is 0.0123. The lowest BCUT2D eigenvalue weighted by Crippen LogP contribution is -2.40. The highest BCUT2D eigenvalue weighted by Gasteiger charge is 2.54. The molecular formula is C31H35F2N7O2. The van der Waals surface area contributed by atoms with Crippen molar-refractivity contribution in [1.29, 1.82) is 0 Å². The number of fused-ring (bicyclic) bond motifs is 1. The zero-order chi connectivity index (χ0) is 30.2. The van der Waals surface area contributed by atoms with Gasteiger partial charge in [-0.25, -0.2) is 8.78 Å². The molecule has 1 saturated carbocycles. The highest BCUT2D eigenvalue weighted by molar-refractivity contribution is 6.08. The lowest BCUT2D eigenvalue weighted by Gasteiger charge is -2.39. The van der Waals surface area contributed by atoms with Crippen LogP contribution in [0.15, 0.2) is 53.5 Å². The van der Waals surface area contributed by atoms with Crippen LogP contribution in [0.5, 0.6) is 0 Å². The van der Waals surface area contributed by atoms with Gasteiger partial charge in [0.25, 0.3) is 11.5 Å². The van der Waals surface area contributed by atoms with Crippen molar-refractivity contribution in [3.63, 3.8) is 0 Å². The summed E-state index contributed by atoms with van der Waals surface area (Å²) in [6, 6.07) is 9.20. The molecule has 3 N–H and O–H groups in total. The van der Waals surface area contributed by atoms with Crippen LogP contribution in [0.1, 0.15) is 57.9 Å². The van der Waals surface area contributed by atoms with Gasteiger partial charge in [0.1, 0.15) is 11.4 Å². The van der Waals surface area contributed by atoms with E-state index < -0.39 is 28.8 Å². The highest BCUT2D eigenvalue weighted by atomic mass is 19.1. The molecule has 0 unspecified atom stereocenters. The zero-order valence-corrected chi connectivity index (χ0v) is 24.4. The van der Waals surface area contributed by atoms with E-state index in [4.69, 9.17) is 10.8 Å². The van der Waals surface area contributed by atoms with Crippen molar-refractivity contribution < 1.29 is 13.6 Å². The number of aromatic nitrogens is 4. The molecule has 2 aromatic heterocycles.